The first kappa shape index (κ1) is 37.0. The van der Waals surface area contributed by atoms with Gasteiger partial charge in [0.1, 0.15) is 0 Å². The molecule has 0 bridgehead atoms. The number of ether oxygens (including phenoxy) is 1. The Balaban J connectivity index is 1.43. The molecule has 0 spiro atoms. The van der Waals surface area contributed by atoms with Gasteiger partial charge in [-0.2, -0.15) is 0 Å². The molecule has 0 radical (unpaired) electrons. The molecule has 0 aliphatic carbocycles. The number of esters is 2. The Morgan fingerprint density at radius 2 is 0.569 bits per heavy atom. The van der Waals surface area contributed by atoms with Crippen LogP contribution >= 0.6 is 34.3 Å². The average Bonchev–Trinajstić information content (AvgIpc) is 3.14. The van der Waals surface area contributed by atoms with E-state index in [1.54, 1.807) is 0 Å². The van der Waals surface area contributed by atoms with Gasteiger partial charge in [-0.3, -0.25) is 0 Å². The summed E-state index contributed by atoms with van der Waals surface area (Å²) < 4.78 is 5.98. The molecule has 0 saturated carbocycles. The van der Waals surface area contributed by atoms with E-state index in [1.165, 1.54) is 32.3 Å². The first-order chi connectivity index (χ1) is 24.6. The summed E-state index contributed by atoms with van der Waals surface area (Å²) in [6, 6.07) is 41.5. The fraction of sp³-hybridized carbons (Fsp3) is 0.136. The van der Waals surface area contributed by atoms with Crippen molar-refractivity contribution in [3.8, 4) is 0 Å². The molecule has 0 N–H and O–H groups in total. The van der Waals surface area contributed by atoms with Crippen LogP contribution in [0, 0.1) is 41.5 Å². The largest absolute Gasteiger partial charge is 0.386 e. The van der Waals surface area contributed by atoms with Crippen LogP contribution in [0.25, 0.3) is 0 Å². The van der Waals surface area contributed by atoms with E-state index in [-0.39, 0.29) is 0 Å². The van der Waals surface area contributed by atoms with Gasteiger partial charge in [-0.05, 0) is 117 Å². The summed E-state index contributed by atoms with van der Waals surface area (Å²) in [5.41, 5.74) is 6.88. The van der Waals surface area contributed by atoms with Crippen LogP contribution in [-0.2, 0) is 4.74 Å². The predicted octanol–water partition coefficient (Wildman–Crippen LogP) is 7.05. The van der Waals surface area contributed by atoms with Crippen molar-refractivity contribution < 1.29 is 14.3 Å². The molecule has 0 amide bonds. The summed E-state index contributed by atoms with van der Waals surface area (Å²) in [6.45, 7) is 12.3. The van der Waals surface area contributed by atoms with Gasteiger partial charge >= 0.3 is 11.9 Å². The van der Waals surface area contributed by atoms with Crippen LogP contribution in [0.2, 0.25) is 0 Å². The van der Waals surface area contributed by atoms with E-state index in [4.69, 9.17) is 4.74 Å². The van der Waals surface area contributed by atoms with Gasteiger partial charge in [0.2, 0.25) is 0 Å². The minimum atomic E-state index is -0.591. The lowest BCUT2D eigenvalue weighted by Gasteiger charge is -2.23. The Kier molecular flexibility index (Phi) is 12.1. The van der Waals surface area contributed by atoms with E-state index >= 15 is 0 Å². The third-order valence-corrected chi connectivity index (χ3v) is 15.8. The molecule has 0 heterocycles. The third-order valence-electron chi connectivity index (χ3n) is 9.27. The summed E-state index contributed by atoms with van der Waals surface area (Å²) in [6.07, 6.45) is 0. The van der Waals surface area contributed by atoms with Crippen molar-refractivity contribution >= 4 is 88.7 Å². The van der Waals surface area contributed by atoms with Gasteiger partial charge in [-0.1, -0.05) is 156 Å². The van der Waals surface area contributed by atoms with Crippen molar-refractivity contribution in [1.82, 2.24) is 0 Å². The lowest BCUT2D eigenvalue weighted by atomic mass is 9.98. The van der Waals surface area contributed by atoms with Crippen LogP contribution < -0.4 is 42.4 Å². The molecule has 6 rings (SSSR count). The maximum Gasteiger partial charge on any atom is 0.346 e. The lowest BCUT2D eigenvalue weighted by Crippen LogP contribution is -2.30. The highest BCUT2D eigenvalue weighted by molar-refractivity contribution is 7.58. The van der Waals surface area contributed by atoms with Gasteiger partial charge in [-0.25, -0.2) is 9.59 Å². The number of hydrogen-bond acceptors (Lipinski definition) is 3. The van der Waals surface area contributed by atoms with E-state index in [1.807, 2.05) is 100 Å². The summed E-state index contributed by atoms with van der Waals surface area (Å²) in [7, 11) is 1.45. The van der Waals surface area contributed by atoms with Crippen molar-refractivity contribution in [1.29, 1.82) is 0 Å². The molecule has 7 heteroatoms. The van der Waals surface area contributed by atoms with Gasteiger partial charge in [0, 0.05) is 0 Å². The van der Waals surface area contributed by atoms with Gasteiger partial charge in [-0.15, -0.1) is 0 Å². The average molecular weight is 743 g/mol. The molecule has 0 aliphatic heterocycles. The Morgan fingerprint density at radius 3 is 0.784 bits per heavy atom. The standard InChI is InChI=1S/C44H42O3P4/c1-27-37(28(2)40(49-34-21-13-8-14-22-34)31(5)39(27)48-33-19-11-7-12-20-33)43(45)47-44(46)38-29(3)41(50-35-23-15-9-16-24-35)32(6)42(30(38)4)51-36-25-17-10-18-26-36/h7-26,48-51H,1-6H3. The zero-order valence-corrected chi connectivity index (χ0v) is 33.8. The fourth-order valence-electron chi connectivity index (χ4n) is 6.65. The van der Waals surface area contributed by atoms with Gasteiger partial charge in [0.15, 0.2) is 0 Å². The SMILES string of the molecule is Cc1c(Pc2ccccc2)c(C)c(C(=O)OC(=O)c2c(C)c(Pc3ccccc3)c(C)c(Pc3ccccc3)c2C)c(C)c1Pc1ccccc1. The number of rotatable bonds is 10. The molecular weight excluding hydrogens is 700 g/mol. The molecule has 6 aromatic rings. The Labute approximate surface area is 309 Å². The maximum atomic E-state index is 14.4. The van der Waals surface area contributed by atoms with Crippen molar-refractivity contribution in [2.24, 2.45) is 0 Å². The first-order valence-corrected chi connectivity index (χ1v) is 21.0. The smallest absolute Gasteiger partial charge is 0.346 e. The van der Waals surface area contributed by atoms with E-state index in [2.05, 4.69) is 62.4 Å². The topological polar surface area (TPSA) is 43.4 Å². The van der Waals surface area contributed by atoms with Crippen molar-refractivity contribution in [3.63, 3.8) is 0 Å². The predicted molar refractivity (Wildman–Crippen MR) is 227 cm³/mol. The molecule has 0 aromatic heterocycles. The Hall–Kier alpha value is -3.82. The van der Waals surface area contributed by atoms with Gasteiger partial charge < -0.3 is 4.74 Å². The molecule has 256 valence electrons. The quantitative estimate of drug-likeness (QED) is 0.0859. The second-order valence-corrected chi connectivity index (χ2v) is 18.0. The van der Waals surface area contributed by atoms with Crippen LogP contribution in [0.15, 0.2) is 121 Å². The molecule has 3 nitrogen and oxygen atoms in total. The summed E-state index contributed by atoms with van der Waals surface area (Å²) >= 11 is 0. The molecule has 6 aromatic carbocycles. The minimum Gasteiger partial charge on any atom is -0.386 e. The van der Waals surface area contributed by atoms with Crippen LogP contribution in [0.3, 0.4) is 0 Å². The summed E-state index contributed by atoms with van der Waals surface area (Å²) in [4.78, 5) is 28.8. The van der Waals surface area contributed by atoms with E-state index in [9.17, 15) is 9.59 Å². The Morgan fingerprint density at radius 1 is 0.353 bits per heavy atom. The number of carbonyl (C=O) groups is 2. The summed E-state index contributed by atoms with van der Waals surface area (Å²) in [5.74, 6) is -1.18. The van der Waals surface area contributed by atoms with Gasteiger partial charge in [0.05, 0.1) is 11.1 Å². The monoisotopic (exact) mass is 742 g/mol. The molecule has 0 fully saturated rings. The van der Waals surface area contributed by atoms with E-state index < -0.39 is 11.9 Å². The highest BCUT2D eigenvalue weighted by Gasteiger charge is 2.29. The fourth-order valence-corrected chi connectivity index (χ4v) is 12.0. The molecule has 0 aliphatic rings. The molecule has 4 unspecified atom stereocenters. The van der Waals surface area contributed by atoms with Crippen LogP contribution in [-0.4, -0.2) is 11.9 Å². The maximum absolute atomic E-state index is 14.4. The molecule has 0 saturated heterocycles. The second-order valence-electron chi connectivity index (χ2n) is 12.6. The zero-order valence-electron chi connectivity index (χ0n) is 29.8. The van der Waals surface area contributed by atoms with E-state index in [0.29, 0.717) is 45.4 Å². The second kappa shape index (κ2) is 16.7. The minimum absolute atomic E-state index is 0.362. The number of carbonyl (C=O) groups excluding carboxylic acids is 2. The molecule has 4 atom stereocenters. The van der Waals surface area contributed by atoms with Crippen LogP contribution in [0.4, 0.5) is 0 Å². The van der Waals surface area contributed by atoms with Crippen molar-refractivity contribution in [2.45, 2.75) is 41.5 Å². The highest BCUT2D eigenvalue weighted by atomic mass is 31.1. The molecule has 51 heavy (non-hydrogen) atoms. The summed E-state index contributed by atoms with van der Waals surface area (Å²) in [5, 5.41) is 9.30. The van der Waals surface area contributed by atoms with Crippen molar-refractivity contribution in [2.75, 3.05) is 0 Å². The zero-order chi connectivity index (χ0) is 36.1. The Bertz CT molecular complexity index is 1910. The number of benzene rings is 6. The molecular formula is C44H42O3P4. The normalized spacial score (nSPS) is 12.0. The van der Waals surface area contributed by atoms with Gasteiger partial charge in [0.25, 0.3) is 0 Å². The lowest BCUT2D eigenvalue weighted by molar-refractivity contribution is 0.0396. The van der Waals surface area contributed by atoms with Crippen LogP contribution in [0.5, 0.6) is 0 Å². The number of hydrogen-bond donors (Lipinski definition) is 0. The third kappa shape index (κ3) is 8.30. The van der Waals surface area contributed by atoms with Crippen molar-refractivity contribution in [3.05, 3.63) is 166 Å². The first-order valence-electron chi connectivity index (χ1n) is 17.0. The highest BCUT2D eigenvalue weighted by Crippen LogP contribution is 2.30. The van der Waals surface area contributed by atoms with Crippen LogP contribution in [0.1, 0.15) is 54.1 Å². The van der Waals surface area contributed by atoms with E-state index in [0.717, 1.165) is 43.5 Å².